The zero-order valence-electron chi connectivity index (χ0n) is 14.2. The van der Waals surface area contributed by atoms with E-state index in [2.05, 4.69) is 39.5 Å². The maximum atomic E-state index is 12.5. The van der Waals surface area contributed by atoms with Crippen LogP contribution in [0.1, 0.15) is 46.9 Å². The molecule has 0 saturated carbocycles. The monoisotopic (exact) mass is 323 g/mol. The fourth-order valence-electron chi connectivity index (χ4n) is 3.37. The molecule has 4 nitrogen and oxygen atoms in total. The molecular formula is C20H25N3O. The number of amides is 1. The highest BCUT2D eigenvalue weighted by Gasteiger charge is 2.23. The van der Waals surface area contributed by atoms with E-state index in [0.717, 1.165) is 18.8 Å². The number of aryl methyl sites for hydroxylation is 1. The van der Waals surface area contributed by atoms with Crippen LogP contribution in [-0.2, 0) is 0 Å². The van der Waals surface area contributed by atoms with Gasteiger partial charge in [0, 0.05) is 18.4 Å². The molecule has 1 aliphatic heterocycles. The highest BCUT2D eigenvalue weighted by molar-refractivity contribution is 5.95. The normalized spacial score (nSPS) is 16.5. The van der Waals surface area contributed by atoms with Crippen molar-refractivity contribution < 1.29 is 4.79 Å². The van der Waals surface area contributed by atoms with Gasteiger partial charge >= 0.3 is 0 Å². The second-order valence-corrected chi connectivity index (χ2v) is 6.37. The van der Waals surface area contributed by atoms with Crippen molar-refractivity contribution in [1.29, 1.82) is 0 Å². The number of hydrogen-bond acceptors (Lipinski definition) is 3. The van der Waals surface area contributed by atoms with Crippen LogP contribution < -0.4 is 5.32 Å². The lowest BCUT2D eigenvalue weighted by molar-refractivity contribution is 0.0923. The van der Waals surface area contributed by atoms with Crippen molar-refractivity contribution in [3.63, 3.8) is 0 Å². The van der Waals surface area contributed by atoms with E-state index in [1.807, 2.05) is 19.1 Å². The van der Waals surface area contributed by atoms with Gasteiger partial charge in [0.1, 0.15) is 0 Å². The Morgan fingerprint density at radius 2 is 1.88 bits per heavy atom. The molecule has 1 atom stereocenters. The van der Waals surface area contributed by atoms with Gasteiger partial charge in [-0.05, 0) is 50.6 Å². The predicted octanol–water partition coefficient (Wildman–Crippen LogP) is 3.35. The highest BCUT2D eigenvalue weighted by Crippen LogP contribution is 2.24. The van der Waals surface area contributed by atoms with Gasteiger partial charge in [0.25, 0.3) is 5.91 Å². The Labute approximate surface area is 143 Å². The van der Waals surface area contributed by atoms with Crippen molar-refractivity contribution in [3.05, 3.63) is 65.5 Å². The van der Waals surface area contributed by atoms with Gasteiger partial charge < -0.3 is 5.32 Å². The summed E-state index contributed by atoms with van der Waals surface area (Å²) in [5.41, 5.74) is 2.69. The van der Waals surface area contributed by atoms with Gasteiger partial charge in [-0.2, -0.15) is 0 Å². The van der Waals surface area contributed by atoms with Crippen molar-refractivity contribution in [3.8, 4) is 0 Å². The zero-order valence-corrected chi connectivity index (χ0v) is 14.2. The lowest BCUT2D eigenvalue weighted by Gasteiger charge is -2.35. The summed E-state index contributed by atoms with van der Waals surface area (Å²) in [7, 11) is 0. The number of rotatable bonds is 5. The smallest absolute Gasteiger partial charge is 0.253 e. The number of nitrogens with one attached hydrogen (secondary N) is 1. The Morgan fingerprint density at radius 3 is 2.58 bits per heavy atom. The van der Waals surface area contributed by atoms with Crippen molar-refractivity contribution in [1.82, 2.24) is 15.2 Å². The summed E-state index contributed by atoms with van der Waals surface area (Å²) >= 11 is 0. The molecular weight excluding hydrogens is 298 g/mol. The number of likely N-dealkylation sites (tertiary alicyclic amines) is 1. The largest absolute Gasteiger partial charge is 0.350 e. The van der Waals surface area contributed by atoms with Crippen molar-refractivity contribution >= 4 is 5.91 Å². The minimum atomic E-state index is -0.0430. The van der Waals surface area contributed by atoms with Crippen LogP contribution in [-0.4, -0.2) is 35.4 Å². The Hall–Kier alpha value is -2.20. The maximum absolute atomic E-state index is 12.5. The number of pyridine rings is 1. The molecule has 1 amide bonds. The molecule has 4 heteroatoms. The Bertz CT molecular complexity index is 666. The first-order valence-electron chi connectivity index (χ1n) is 8.74. The number of carbonyl (C=O) groups is 1. The Morgan fingerprint density at radius 1 is 1.12 bits per heavy atom. The summed E-state index contributed by atoms with van der Waals surface area (Å²) in [6.45, 7) is 4.69. The topological polar surface area (TPSA) is 45.2 Å². The van der Waals surface area contributed by atoms with E-state index in [0.29, 0.717) is 12.1 Å². The van der Waals surface area contributed by atoms with Crippen LogP contribution >= 0.6 is 0 Å². The molecule has 0 radical (unpaired) electrons. The van der Waals surface area contributed by atoms with Gasteiger partial charge in [0.05, 0.1) is 11.6 Å². The maximum Gasteiger partial charge on any atom is 0.253 e. The van der Waals surface area contributed by atoms with Crippen LogP contribution in [0.2, 0.25) is 0 Å². The average molecular weight is 323 g/mol. The van der Waals surface area contributed by atoms with E-state index in [-0.39, 0.29) is 11.9 Å². The lowest BCUT2D eigenvalue weighted by atomic mass is 10.0. The second-order valence-electron chi connectivity index (χ2n) is 6.37. The summed E-state index contributed by atoms with van der Waals surface area (Å²) in [5, 5.41) is 3.12. The molecule has 1 fully saturated rings. The van der Waals surface area contributed by atoms with Gasteiger partial charge in [-0.25, -0.2) is 0 Å². The molecule has 0 aliphatic carbocycles. The predicted molar refractivity (Wildman–Crippen MR) is 95.9 cm³/mol. The summed E-state index contributed by atoms with van der Waals surface area (Å²) < 4.78 is 0. The molecule has 24 heavy (non-hydrogen) atoms. The summed E-state index contributed by atoms with van der Waals surface area (Å²) in [5.74, 6) is -0.0430. The molecule has 1 aliphatic rings. The fraction of sp³-hybridized carbons (Fsp3) is 0.400. The van der Waals surface area contributed by atoms with Gasteiger partial charge in [0.15, 0.2) is 0 Å². The number of hydrogen-bond donors (Lipinski definition) is 1. The van der Waals surface area contributed by atoms with E-state index in [1.165, 1.54) is 24.8 Å². The van der Waals surface area contributed by atoms with E-state index in [4.69, 9.17) is 0 Å². The molecule has 1 saturated heterocycles. The van der Waals surface area contributed by atoms with Crippen LogP contribution in [0.3, 0.4) is 0 Å². The lowest BCUT2D eigenvalue weighted by Crippen LogP contribution is -2.40. The third-order valence-electron chi connectivity index (χ3n) is 4.72. The quantitative estimate of drug-likeness (QED) is 0.918. The average Bonchev–Trinajstić information content (AvgIpc) is 2.64. The molecule has 0 bridgehead atoms. The van der Waals surface area contributed by atoms with Gasteiger partial charge in [-0.3, -0.25) is 14.7 Å². The Kier molecular flexibility index (Phi) is 5.59. The van der Waals surface area contributed by atoms with Crippen molar-refractivity contribution in [2.24, 2.45) is 0 Å². The molecule has 3 rings (SSSR count). The number of piperidine rings is 1. The number of benzene rings is 1. The minimum absolute atomic E-state index is 0.0430. The summed E-state index contributed by atoms with van der Waals surface area (Å²) in [6, 6.07) is 14.3. The van der Waals surface area contributed by atoms with E-state index < -0.39 is 0 Å². The van der Waals surface area contributed by atoms with E-state index in [1.54, 1.807) is 12.3 Å². The molecule has 0 spiro atoms. The number of nitrogens with zero attached hydrogens (tertiary/aromatic N) is 2. The van der Waals surface area contributed by atoms with Crippen LogP contribution in [0.25, 0.3) is 0 Å². The molecule has 126 valence electrons. The van der Waals surface area contributed by atoms with Crippen molar-refractivity contribution in [2.45, 2.75) is 32.2 Å². The highest BCUT2D eigenvalue weighted by atomic mass is 16.1. The molecule has 2 heterocycles. The third-order valence-corrected chi connectivity index (χ3v) is 4.72. The Balaban J connectivity index is 1.72. The van der Waals surface area contributed by atoms with Crippen LogP contribution in [0.5, 0.6) is 0 Å². The van der Waals surface area contributed by atoms with Crippen LogP contribution in [0.4, 0.5) is 0 Å². The molecule has 1 N–H and O–H groups in total. The van der Waals surface area contributed by atoms with E-state index >= 15 is 0 Å². The first-order valence-corrected chi connectivity index (χ1v) is 8.74. The van der Waals surface area contributed by atoms with Gasteiger partial charge in [0.2, 0.25) is 0 Å². The molecule has 1 aromatic carbocycles. The number of carbonyl (C=O) groups excluding carboxylic acids is 1. The molecule has 1 unspecified atom stereocenters. The second kappa shape index (κ2) is 8.06. The minimum Gasteiger partial charge on any atom is -0.350 e. The first kappa shape index (κ1) is 16.7. The van der Waals surface area contributed by atoms with Crippen molar-refractivity contribution in [2.75, 3.05) is 19.6 Å². The zero-order chi connectivity index (χ0) is 16.8. The fourth-order valence-corrected chi connectivity index (χ4v) is 3.37. The third kappa shape index (κ3) is 4.01. The van der Waals surface area contributed by atoms with Gasteiger partial charge in [-0.1, -0.05) is 36.8 Å². The first-order chi connectivity index (χ1) is 11.8. The summed E-state index contributed by atoms with van der Waals surface area (Å²) in [4.78, 5) is 19.2. The van der Waals surface area contributed by atoms with Crippen LogP contribution in [0, 0.1) is 6.92 Å². The van der Waals surface area contributed by atoms with Crippen LogP contribution in [0.15, 0.2) is 48.7 Å². The molecule has 1 aromatic heterocycles. The summed E-state index contributed by atoms with van der Waals surface area (Å²) in [6.07, 6.45) is 5.49. The van der Waals surface area contributed by atoms with Gasteiger partial charge in [-0.15, -0.1) is 0 Å². The molecule has 2 aromatic rings. The van der Waals surface area contributed by atoms with E-state index in [9.17, 15) is 4.79 Å². The SMILES string of the molecule is Cc1ncccc1C(=O)NCC(c1ccccc1)N1CCCCC1. The number of aromatic nitrogens is 1. The standard InChI is InChI=1S/C20H25N3O/c1-16-18(11-8-12-21-16)20(24)22-15-19(17-9-4-2-5-10-17)23-13-6-3-7-14-23/h2,4-5,8-12,19H,3,6-7,13-15H2,1H3,(H,22,24).